The van der Waals surface area contributed by atoms with Crippen molar-refractivity contribution in [1.29, 1.82) is 0 Å². The second kappa shape index (κ2) is 4.14. The van der Waals surface area contributed by atoms with Gasteiger partial charge in [-0.25, -0.2) is 0 Å². The molecule has 2 N–H and O–H groups in total. The van der Waals surface area contributed by atoms with Gasteiger partial charge in [0.25, 0.3) is 0 Å². The van der Waals surface area contributed by atoms with Gasteiger partial charge in [-0.1, -0.05) is 6.07 Å². The molecule has 0 unspecified atom stereocenters. The van der Waals surface area contributed by atoms with Gasteiger partial charge in [-0.2, -0.15) is 0 Å². The number of aromatic hydroxyl groups is 1. The number of aryl methyl sites for hydroxylation is 1. The van der Waals surface area contributed by atoms with Crippen molar-refractivity contribution in [3.8, 4) is 11.5 Å². The number of methoxy groups -OCH3 is 1. The summed E-state index contributed by atoms with van der Waals surface area (Å²) < 4.78 is 5.01. The van der Waals surface area contributed by atoms with Crippen LogP contribution in [-0.2, 0) is 6.54 Å². The van der Waals surface area contributed by atoms with Gasteiger partial charge in [-0.15, -0.1) is 0 Å². The highest BCUT2D eigenvalue weighted by atomic mass is 16.5. The maximum absolute atomic E-state index is 9.74. The van der Waals surface area contributed by atoms with Gasteiger partial charge in [0.2, 0.25) is 0 Å². The van der Waals surface area contributed by atoms with Gasteiger partial charge in [-0.3, -0.25) is 0 Å². The minimum absolute atomic E-state index is 0.233. The molecule has 0 bridgehead atoms. The van der Waals surface area contributed by atoms with Crippen LogP contribution in [0.1, 0.15) is 11.1 Å². The van der Waals surface area contributed by atoms with E-state index < -0.39 is 0 Å². The zero-order chi connectivity index (χ0) is 9.84. The minimum atomic E-state index is 0.233. The first kappa shape index (κ1) is 9.86. The molecule has 3 heteroatoms. The van der Waals surface area contributed by atoms with Crippen LogP contribution >= 0.6 is 0 Å². The van der Waals surface area contributed by atoms with Gasteiger partial charge in [0.15, 0.2) is 11.5 Å². The van der Waals surface area contributed by atoms with Gasteiger partial charge in [-0.05, 0) is 25.6 Å². The zero-order valence-electron chi connectivity index (χ0n) is 8.22. The molecule has 3 nitrogen and oxygen atoms in total. The lowest BCUT2D eigenvalue weighted by atomic mass is 10.1. The van der Waals surface area contributed by atoms with Crippen LogP contribution in [0.25, 0.3) is 0 Å². The topological polar surface area (TPSA) is 41.5 Å². The van der Waals surface area contributed by atoms with E-state index >= 15 is 0 Å². The van der Waals surface area contributed by atoms with Crippen LogP contribution in [0.5, 0.6) is 11.5 Å². The molecule has 72 valence electrons. The van der Waals surface area contributed by atoms with E-state index in [0.29, 0.717) is 12.3 Å². The molecule has 13 heavy (non-hydrogen) atoms. The molecule has 0 amide bonds. The molecule has 0 aliphatic heterocycles. The lowest BCUT2D eigenvalue weighted by Gasteiger charge is -2.11. The maximum Gasteiger partial charge on any atom is 0.162 e. The molecular formula is C10H15NO2. The predicted octanol–water partition coefficient (Wildman–Crippen LogP) is 1.43. The number of ether oxygens (including phenoxy) is 1. The number of phenols is 1. The van der Waals surface area contributed by atoms with Crippen LogP contribution in [0.2, 0.25) is 0 Å². The molecule has 1 aromatic rings. The molecule has 0 atom stereocenters. The Morgan fingerprint density at radius 1 is 1.46 bits per heavy atom. The first-order valence-corrected chi connectivity index (χ1v) is 4.20. The highest BCUT2D eigenvalue weighted by Crippen LogP contribution is 2.31. The SMILES string of the molecule is CNCc1c(C)ccc(OC)c1O. The Morgan fingerprint density at radius 3 is 2.69 bits per heavy atom. The van der Waals surface area contributed by atoms with Gasteiger partial charge >= 0.3 is 0 Å². The standard InChI is InChI=1S/C10H15NO2/c1-7-4-5-9(13-3)10(12)8(7)6-11-2/h4-5,11-12H,6H2,1-3H3. The summed E-state index contributed by atoms with van der Waals surface area (Å²) in [6.45, 7) is 2.61. The molecular weight excluding hydrogens is 166 g/mol. The van der Waals surface area contributed by atoms with Gasteiger partial charge in [0.05, 0.1) is 7.11 Å². The van der Waals surface area contributed by atoms with Crippen molar-refractivity contribution >= 4 is 0 Å². The summed E-state index contributed by atoms with van der Waals surface area (Å²) in [4.78, 5) is 0. The lowest BCUT2D eigenvalue weighted by Crippen LogP contribution is -2.07. The van der Waals surface area contributed by atoms with Crippen LogP contribution in [0.3, 0.4) is 0 Å². The molecule has 1 aromatic carbocycles. The number of hydrogen-bond donors (Lipinski definition) is 2. The predicted molar refractivity (Wildman–Crippen MR) is 52.2 cm³/mol. The second-order valence-corrected chi connectivity index (χ2v) is 2.94. The van der Waals surface area contributed by atoms with Crippen LogP contribution in [0.4, 0.5) is 0 Å². The smallest absolute Gasteiger partial charge is 0.162 e. The highest BCUT2D eigenvalue weighted by Gasteiger charge is 2.09. The van der Waals surface area contributed by atoms with Gasteiger partial charge in [0.1, 0.15) is 0 Å². The van der Waals surface area contributed by atoms with Crippen molar-refractivity contribution in [3.05, 3.63) is 23.3 Å². The third-order valence-corrected chi connectivity index (χ3v) is 2.05. The van der Waals surface area contributed by atoms with Crippen LogP contribution in [-0.4, -0.2) is 19.3 Å². The molecule has 0 radical (unpaired) electrons. The Labute approximate surface area is 78.3 Å². The Kier molecular flexibility index (Phi) is 3.14. The van der Waals surface area contributed by atoms with Crippen LogP contribution < -0.4 is 10.1 Å². The highest BCUT2D eigenvalue weighted by molar-refractivity contribution is 5.49. The largest absolute Gasteiger partial charge is 0.504 e. The van der Waals surface area contributed by atoms with E-state index in [1.807, 2.05) is 20.0 Å². The van der Waals surface area contributed by atoms with E-state index in [1.54, 1.807) is 13.2 Å². The summed E-state index contributed by atoms with van der Waals surface area (Å²) >= 11 is 0. The third kappa shape index (κ3) is 1.92. The normalized spacial score (nSPS) is 10.1. The van der Waals surface area contributed by atoms with Crippen molar-refractivity contribution < 1.29 is 9.84 Å². The molecule has 0 fully saturated rings. The average molecular weight is 181 g/mol. The van der Waals surface area contributed by atoms with Gasteiger partial charge in [0, 0.05) is 12.1 Å². The second-order valence-electron chi connectivity index (χ2n) is 2.94. The van der Waals surface area contributed by atoms with E-state index in [0.717, 1.165) is 11.1 Å². The minimum Gasteiger partial charge on any atom is -0.504 e. The number of hydrogen-bond acceptors (Lipinski definition) is 3. The summed E-state index contributed by atoms with van der Waals surface area (Å²) in [6.07, 6.45) is 0. The maximum atomic E-state index is 9.74. The van der Waals surface area contributed by atoms with E-state index in [9.17, 15) is 5.11 Å². The number of rotatable bonds is 3. The van der Waals surface area contributed by atoms with Crippen LogP contribution in [0, 0.1) is 6.92 Å². The van der Waals surface area contributed by atoms with E-state index in [1.165, 1.54) is 0 Å². The average Bonchev–Trinajstić information content (AvgIpc) is 2.12. The number of phenolic OH excluding ortho intramolecular Hbond substituents is 1. The molecule has 0 aliphatic rings. The van der Waals surface area contributed by atoms with Crippen molar-refractivity contribution in [2.45, 2.75) is 13.5 Å². The van der Waals surface area contributed by atoms with Gasteiger partial charge < -0.3 is 15.2 Å². The third-order valence-electron chi connectivity index (χ3n) is 2.05. The van der Waals surface area contributed by atoms with Crippen molar-refractivity contribution in [3.63, 3.8) is 0 Å². The van der Waals surface area contributed by atoms with Crippen LogP contribution in [0.15, 0.2) is 12.1 Å². The quantitative estimate of drug-likeness (QED) is 0.741. The fourth-order valence-electron chi connectivity index (χ4n) is 1.28. The Balaban J connectivity index is 3.13. The Bertz CT molecular complexity index is 297. The van der Waals surface area contributed by atoms with E-state index in [4.69, 9.17) is 4.74 Å². The molecule has 0 aliphatic carbocycles. The number of benzene rings is 1. The summed E-state index contributed by atoms with van der Waals surface area (Å²) in [5, 5.41) is 12.7. The molecule has 0 aromatic heterocycles. The summed E-state index contributed by atoms with van der Waals surface area (Å²) in [5.74, 6) is 0.757. The number of nitrogens with one attached hydrogen (secondary N) is 1. The van der Waals surface area contributed by atoms with Crippen molar-refractivity contribution in [1.82, 2.24) is 5.32 Å². The van der Waals surface area contributed by atoms with Crippen molar-refractivity contribution in [2.24, 2.45) is 0 Å². The van der Waals surface area contributed by atoms with E-state index in [-0.39, 0.29) is 5.75 Å². The molecule has 0 heterocycles. The first-order chi connectivity index (χ1) is 6.20. The fourth-order valence-corrected chi connectivity index (χ4v) is 1.28. The molecule has 1 rings (SSSR count). The summed E-state index contributed by atoms with van der Waals surface area (Å²) in [7, 11) is 3.39. The van der Waals surface area contributed by atoms with E-state index in [2.05, 4.69) is 5.32 Å². The molecule has 0 saturated heterocycles. The zero-order valence-corrected chi connectivity index (χ0v) is 8.22. The fraction of sp³-hybridized carbons (Fsp3) is 0.400. The lowest BCUT2D eigenvalue weighted by molar-refractivity contribution is 0.369. The summed E-state index contributed by atoms with van der Waals surface area (Å²) in [5.41, 5.74) is 1.95. The summed E-state index contributed by atoms with van der Waals surface area (Å²) in [6, 6.07) is 3.70. The monoisotopic (exact) mass is 181 g/mol. The molecule has 0 saturated carbocycles. The Hall–Kier alpha value is -1.22. The Morgan fingerprint density at radius 2 is 2.15 bits per heavy atom. The first-order valence-electron chi connectivity index (χ1n) is 4.20. The molecule has 0 spiro atoms. The van der Waals surface area contributed by atoms with Crippen molar-refractivity contribution in [2.75, 3.05) is 14.2 Å².